The zero-order valence-electron chi connectivity index (χ0n) is 8.56. The molecule has 1 aliphatic carbocycles. The first-order valence-electron chi connectivity index (χ1n) is 4.54. The van der Waals surface area contributed by atoms with Crippen molar-refractivity contribution in [2.45, 2.75) is 12.5 Å². The highest BCUT2D eigenvalue weighted by Gasteiger charge is 2.24. The Morgan fingerprint density at radius 3 is 2.75 bits per heavy atom. The van der Waals surface area contributed by atoms with E-state index in [-0.39, 0.29) is 6.42 Å². The molecule has 0 aromatic carbocycles. The molecule has 4 nitrogen and oxygen atoms in total. The molecule has 0 heterocycles. The summed E-state index contributed by atoms with van der Waals surface area (Å²) < 4.78 is 51.2. The lowest BCUT2D eigenvalue weighted by atomic mass is 9.94. The lowest BCUT2D eigenvalue weighted by molar-refractivity contribution is 0.0733. The summed E-state index contributed by atoms with van der Waals surface area (Å²) in [5.41, 5.74) is 0. The Hall–Kier alpha value is -0.790. The highest BCUT2D eigenvalue weighted by molar-refractivity contribution is 7.85. The number of hydrogen-bond acceptors (Lipinski definition) is 4. The average molecular weight is 254 g/mol. The molecule has 0 aromatic rings. The van der Waals surface area contributed by atoms with Crippen LogP contribution in [0.5, 0.6) is 0 Å². The van der Waals surface area contributed by atoms with E-state index in [2.05, 4.69) is 4.18 Å². The van der Waals surface area contributed by atoms with Gasteiger partial charge in [0.1, 0.15) is 11.7 Å². The summed E-state index contributed by atoms with van der Waals surface area (Å²) in [4.78, 5) is 0. The normalized spacial score (nSPS) is 23.6. The van der Waals surface area contributed by atoms with Crippen molar-refractivity contribution in [1.29, 1.82) is 0 Å². The second-order valence-electron chi connectivity index (χ2n) is 3.57. The Balaban J connectivity index is 2.56. The number of halogens is 2. The van der Waals surface area contributed by atoms with Crippen molar-refractivity contribution in [2.75, 3.05) is 12.9 Å². The number of aliphatic hydroxyl groups excluding tert-OH is 1. The van der Waals surface area contributed by atoms with Gasteiger partial charge in [0.15, 0.2) is 0 Å². The van der Waals surface area contributed by atoms with Gasteiger partial charge in [0, 0.05) is 18.4 Å². The van der Waals surface area contributed by atoms with E-state index >= 15 is 0 Å². The predicted octanol–water partition coefficient (Wildman–Crippen LogP) is 1.05. The van der Waals surface area contributed by atoms with E-state index in [9.17, 15) is 22.3 Å². The zero-order chi connectivity index (χ0) is 12.3. The average Bonchev–Trinajstić information content (AvgIpc) is 2.11. The van der Waals surface area contributed by atoms with Gasteiger partial charge in [-0.15, -0.1) is 0 Å². The largest absolute Gasteiger partial charge is 0.390 e. The Labute approximate surface area is 92.3 Å². The van der Waals surface area contributed by atoms with E-state index in [0.29, 0.717) is 0 Å². The number of allylic oxidation sites excluding steroid dienone is 3. The van der Waals surface area contributed by atoms with Crippen LogP contribution < -0.4 is 0 Å². The molecule has 0 spiro atoms. The quantitative estimate of drug-likeness (QED) is 0.762. The molecule has 1 unspecified atom stereocenters. The second kappa shape index (κ2) is 5.03. The Kier molecular flexibility index (Phi) is 4.17. The Morgan fingerprint density at radius 1 is 1.62 bits per heavy atom. The lowest BCUT2D eigenvalue weighted by Gasteiger charge is -2.20. The SMILES string of the molecule is CS(=O)(=O)OC[C@@H](O)C1C=C(F)C=C(F)C1. The Morgan fingerprint density at radius 2 is 2.25 bits per heavy atom. The minimum Gasteiger partial charge on any atom is -0.390 e. The summed E-state index contributed by atoms with van der Waals surface area (Å²) in [7, 11) is -3.67. The molecule has 0 radical (unpaired) electrons. The van der Waals surface area contributed by atoms with Gasteiger partial charge < -0.3 is 5.11 Å². The van der Waals surface area contributed by atoms with Gasteiger partial charge in [-0.2, -0.15) is 8.42 Å². The van der Waals surface area contributed by atoms with Gasteiger partial charge >= 0.3 is 0 Å². The molecule has 7 heteroatoms. The molecule has 0 amide bonds. The molecule has 0 fully saturated rings. The van der Waals surface area contributed by atoms with Gasteiger partial charge in [-0.3, -0.25) is 4.18 Å². The highest BCUT2D eigenvalue weighted by Crippen LogP contribution is 2.26. The second-order valence-corrected chi connectivity index (χ2v) is 5.21. The molecule has 0 saturated heterocycles. The van der Waals surface area contributed by atoms with Gasteiger partial charge in [0.2, 0.25) is 0 Å². The number of hydrogen-bond donors (Lipinski definition) is 1. The van der Waals surface area contributed by atoms with Gasteiger partial charge in [-0.1, -0.05) is 0 Å². The van der Waals surface area contributed by atoms with E-state index < -0.39 is 40.4 Å². The molecule has 92 valence electrons. The first-order valence-corrected chi connectivity index (χ1v) is 6.35. The van der Waals surface area contributed by atoms with Crippen LogP contribution in [0.15, 0.2) is 23.8 Å². The third kappa shape index (κ3) is 4.38. The van der Waals surface area contributed by atoms with Crippen molar-refractivity contribution in [2.24, 2.45) is 5.92 Å². The Bertz CT molecular complexity index is 413. The third-order valence-electron chi connectivity index (χ3n) is 2.05. The molecule has 16 heavy (non-hydrogen) atoms. The molecule has 0 aromatic heterocycles. The monoisotopic (exact) mass is 254 g/mol. The lowest BCUT2D eigenvalue weighted by Crippen LogP contribution is -2.27. The summed E-state index contributed by atoms with van der Waals surface area (Å²) in [6.45, 7) is -0.513. The van der Waals surface area contributed by atoms with Crippen molar-refractivity contribution >= 4 is 10.1 Å². The molecule has 0 bridgehead atoms. The fourth-order valence-corrected chi connectivity index (χ4v) is 1.70. The summed E-state index contributed by atoms with van der Waals surface area (Å²) in [6.07, 6.45) is 1.17. The van der Waals surface area contributed by atoms with E-state index in [0.717, 1.165) is 18.4 Å². The summed E-state index contributed by atoms with van der Waals surface area (Å²) in [5, 5.41) is 9.48. The van der Waals surface area contributed by atoms with Crippen LogP contribution in [0.25, 0.3) is 0 Å². The van der Waals surface area contributed by atoms with Crippen LogP contribution >= 0.6 is 0 Å². The first kappa shape index (κ1) is 13.3. The fraction of sp³-hybridized carbons (Fsp3) is 0.556. The molecule has 0 aliphatic heterocycles. The zero-order valence-corrected chi connectivity index (χ0v) is 9.38. The smallest absolute Gasteiger partial charge is 0.264 e. The molecule has 1 rings (SSSR count). The fourth-order valence-electron chi connectivity index (χ4n) is 1.31. The van der Waals surface area contributed by atoms with Crippen LogP contribution in [0.4, 0.5) is 8.78 Å². The van der Waals surface area contributed by atoms with Crippen LogP contribution in [0.3, 0.4) is 0 Å². The van der Waals surface area contributed by atoms with Crippen molar-refractivity contribution in [3.63, 3.8) is 0 Å². The summed E-state index contributed by atoms with van der Waals surface area (Å²) in [5.74, 6) is -2.29. The maximum Gasteiger partial charge on any atom is 0.264 e. The maximum absolute atomic E-state index is 12.8. The molecule has 0 saturated carbocycles. The van der Waals surface area contributed by atoms with Crippen LogP contribution in [0.2, 0.25) is 0 Å². The minimum absolute atomic E-state index is 0.165. The van der Waals surface area contributed by atoms with E-state index in [4.69, 9.17) is 0 Å². The standard InChI is InChI=1S/C9H12F2O4S/c1-16(13,14)15-5-9(12)6-2-7(10)4-8(11)3-6/h2,4,6,9,12H,3,5H2,1H3/t6?,9-/m1/s1. The van der Waals surface area contributed by atoms with Crippen molar-refractivity contribution < 1.29 is 26.5 Å². The van der Waals surface area contributed by atoms with Crippen LogP contribution in [-0.4, -0.2) is 32.5 Å². The van der Waals surface area contributed by atoms with Gasteiger partial charge in [0.05, 0.1) is 19.0 Å². The third-order valence-corrected chi connectivity index (χ3v) is 2.61. The van der Waals surface area contributed by atoms with Gasteiger partial charge in [-0.25, -0.2) is 8.78 Å². The minimum atomic E-state index is -3.67. The van der Waals surface area contributed by atoms with E-state index in [1.807, 2.05) is 0 Å². The van der Waals surface area contributed by atoms with Crippen molar-refractivity contribution in [3.8, 4) is 0 Å². The van der Waals surface area contributed by atoms with Crippen molar-refractivity contribution in [3.05, 3.63) is 23.8 Å². The topological polar surface area (TPSA) is 63.6 Å². The summed E-state index contributed by atoms with van der Waals surface area (Å²) in [6, 6.07) is 0. The number of rotatable bonds is 4. The van der Waals surface area contributed by atoms with E-state index in [1.165, 1.54) is 0 Å². The molecule has 1 aliphatic rings. The molecular weight excluding hydrogens is 242 g/mol. The summed E-state index contributed by atoms with van der Waals surface area (Å²) >= 11 is 0. The molecule has 2 atom stereocenters. The molecule has 1 N–H and O–H groups in total. The van der Waals surface area contributed by atoms with Crippen molar-refractivity contribution in [1.82, 2.24) is 0 Å². The van der Waals surface area contributed by atoms with Crippen LogP contribution in [0.1, 0.15) is 6.42 Å². The van der Waals surface area contributed by atoms with Gasteiger partial charge in [-0.05, 0) is 6.08 Å². The predicted molar refractivity (Wildman–Crippen MR) is 53.3 cm³/mol. The van der Waals surface area contributed by atoms with Crippen LogP contribution in [0, 0.1) is 5.92 Å². The molecular formula is C9H12F2O4S. The number of aliphatic hydroxyl groups is 1. The highest BCUT2D eigenvalue weighted by atomic mass is 32.2. The first-order chi connectivity index (χ1) is 7.28. The maximum atomic E-state index is 12.8. The van der Waals surface area contributed by atoms with Crippen LogP contribution in [-0.2, 0) is 14.3 Å². The van der Waals surface area contributed by atoms with E-state index in [1.54, 1.807) is 0 Å². The van der Waals surface area contributed by atoms with Gasteiger partial charge in [0.25, 0.3) is 10.1 Å².